The summed E-state index contributed by atoms with van der Waals surface area (Å²) in [5, 5.41) is 0. The summed E-state index contributed by atoms with van der Waals surface area (Å²) in [5.41, 5.74) is 0. The Bertz CT molecular complexity index is 576. The van der Waals surface area contributed by atoms with Crippen LogP contribution in [0.4, 0.5) is 13.2 Å². The summed E-state index contributed by atoms with van der Waals surface area (Å²) in [6.07, 6.45) is 0. The number of halogens is 3. The zero-order chi connectivity index (χ0) is 16.5. The van der Waals surface area contributed by atoms with Gasteiger partial charge in [-0.25, -0.2) is 0 Å². The van der Waals surface area contributed by atoms with E-state index in [0.717, 1.165) is 0 Å². The minimum atomic E-state index is -3.67. The van der Waals surface area contributed by atoms with Crippen molar-refractivity contribution in [3.63, 3.8) is 0 Å². The van der Waals surface area contributed by atoms with E-state index in [1.807, 2.05) is 0 Å². The van der Waals surface area contributed by atoms with Gasteiger partial charge in [-0.1, -0.05) is 54.6 Å². The lowest BCUT2D eigenvalue weighted by atomic mass is 10.4. The van der Waals surface area contributed by atoms with E-state index in [0.29, 0.717) is 0 Å². The number of hydrogen-bond acceptors (Lipinski definition) is 0. The van der Waals surface area contributed by atoms with Crippen molar-refractivity contribution in [2.24, 2.45) is 0 Å². The van der Waals surface area contributed by atoms with Crippen LogP contribution in [0.15, 0.2) is 106 Å². The summed E-state index contributed by atoms with van der Waals surface area (Å²) in [4.78, 5) is 4.08. The van der Waals surface area contributed by atoms with Crippen LogP contribution in [0.3, 0.4) is 0 Å². The lowest BCUT2D eigenvalue weighted by molar-refractivity contribution is 0.00819. The van der Waals surface area contributed by atoms with Gasteiger partial charge in [-0.05, 0) is 36.4 Å². The van der Waals surface area contributed by atoms with Gasteiger partial charge in [-0.3, -0.25) is 0 Å². The average molecular weight is 333 g/mol. The molecule has 3 aromatic carbocycles. The molecule has 0 unspecified atom stereocenters. The first-order valence-electron chi connectivity index (χ1n) is 7.00. The quantitative estimate of drug-likeness (QED) is 0.519. The fourth-order valence-electron chi connectivity index (χ4n) is 2.08. The van der Waals surface area contributed by atoms with Gasteiger partial charge in [0, 0.05) is 0 Å². The second-order valence-electron chi connectivity index (χ2n) is 4.49. The van der Waals surface area contributed by atoms with Crippen LogP contribution in [-0.4, -0.2) is 6.68 Å². The molecule has 3 rings (SSSR count). The average Bonchev–Trinajstić information content (AvgIpc) is 2.58. The van der Waals surface area contributed by atoms with Crippen LogP contribution in [0.5, 0.6) is 0 Å². The van der Waals surface area contributed by atoms with Gasteiger partial charge in [0.25, 0.3) is 0 Å². The van der Waals surface area contributed by atoms with Gasteiger partial charge in [0.15, 0.2) is 14.7 Å². The molecule has 0 amide bonds. The molecule has 0 N–H and O–H groups in total. The first-order chi connectivity index (χ1) is 11.2. The fraction of sp³-hybridized carbons (Fsp3) is 0.0526. The van der Waals surface area contributed by atoms with Gasteiger partial charge in [0.05, 0.1) is 10.9 Å². The third kappa shape index (κ3) is 5.49. The van der Waals surface area contributed by atoms with Crippen molar-refractivity contribution in [3.8, 4) is 0 Å². The lowest BCUT2D eigenvalue weighted by Gasteiger charge is -2.07. The summed E-state index contributed by atoms with van der Waals surface area (Å²) in [6, 6.07) is 32.2. The highest BCUT2D eigenvalue weighted by Crippen LogP contribution is 2.30. The van der Waals surface area contributed by atoms with Gasteiger partial charge >= 0.3 is 6.68 Å². The number of benzene rings is 3. The Kier molecular flexibility index (Phi) is 6.76. The maximum Gasteiger partial charge on any atom is 0.379 e. The van der Waals surface area contributed by atoms with Gasteiger partial charge in [0.2, 0.25) is 0 Å². The van der Waals surface area contributed by atoms with E-state index in [9.17, 15) is 13.2 Å². The Morgan fingerprint density at radius 1 is 0.478 bits per heavy atom. The molecule has 4 heteroatoms. The van der Waals surface area contributed by atoms with Crippen LogP contribution >= 0.6 is 0 Å². The Morgan fingerprint density at radius 3 is 0.913 bits per heavy atom. The maximum absolute atomic E-state index is 9.67. The highest BCUT2D eigenvalue weighted by Gasteiger charge is 2.27. The molecule has 0 saturated carbocycles. The molecule has 0 aliphatic rings. The molecule has 0 aromatic heterocycles. The minimum Gasteiger partial charge on any atom is -0.174 e. The van der Waals surface area contributed by atoms with Crippen molar-refractivity contribution in [1.82, 2.24) is 0 Å². The molecule has 0 aliphatic carbocycles. The monoisotopic (exact) mass is 333 g/mol. The predicted octanol–water partition coefficient (Wildman–Crippen LogP) is 5.96. The molecule has 0 radical (unpaired) electrons. The van der Waals surface area contributed by atoms with Crippen molar-refractivity contribution in [2.45, 2.75) is 21.4 Å². The minimum absolute atomic E-state index is 0.0146. The van der Waals surface area contributed by atoms with Gasteiger partial charge in [0.1, 0.15) is 0 Å². The maximum atomic E-state index is 9.67. The molecule has 0 atom stereocenters. The van der Waals surface area contributed by atoms with Crippen LogP contribution in [0.2, 0.25) is 0 Å². The zero-order valence-corrected chi connectivity index (χ0v) is 13.1. The molecule has 23 heavy (non-hydrogen) atoms. The summed E-state index contributed by atoms with van der Waals surface area (Å²) in [5.74, 6) is 0. The van der Waals surface area contributed by atoms with Crippen LogP contribution in [0.1, 0.15) is 0 Å². The molecule has 0 saturated heterocycles. The third-order valence-corrected chi connectivity index (χ3v) is 5.17. The van der Waals surface area contributed by atoms with Gasteiger partial charge < -0.3 is 0 Å². The first-order valence-corrected chi connectivity index (χ1v) is 8.22. The van der Waals surface area contributed by atoms with Crippen molar-refractivity contribution in [3.05, 3.63) is 91.0 Å². The normalized spacial score (nSPS) is 10.3. The van der Waals surface area contributed by atoms with Crippen molar-refractivity contribution in [2.75, 3.05) is 0 Å². The standard InChI is InChI=1S/C18H15S.CHF3/c1-4-10-16(11-5-1)19(17-12-6-2-7-13-17)18-14-8-3-9-15-18;2-1(3)4/h1-15H;1H/q+1;. The summed E-state index contributed by atoms with van der Waals surface area (Å²) >= 11 is 0. The van der Waals surface area contributed by atoms with E-state index in [1.54, 1.807) is 0 Å². The molecule has 0 aliphatic heterocycles. The molecule has 0 spiro atoms. The van der Waals surface area contributed by atoms with E-state index < -0.39 is 6.68 Å². The largest absolute Gasteiger partial charge is 0.379 e. The zero-order valence-electron chi connectivity index (χ0n) is 12.3. The molecular formula is C19H16F3S+. The predicted molar refractivity (Wildman–Crippen MR) is 88.6 cm³/mol. The molecule has 0 fully saturated rings. The van der Waals surface area contributed by atoms with E-state index in [2.05, 4.69) is 91.0 Å². The van der Waals surface area contributed by atoms with Gasteiger partial charge in [-0.15, -0.1) is 0 Å². The Balaban J connectivity index is 0.000000433. The van der Waals surface area contributed by atoms with E-state index in [-0.39, 0.29) is 10.9 Å². The van der Waals surface area contributed by atoms with Crippen LogP contribution in [0.25, 0.3) is 0 Å². The molecule has 0 nitrogen and oxygen atoms in total. The Labute approximate surface area is 137 Å². The van der Waals surface area contributed by atoms with Crippen LogP contribution < -0.4 is 0 Å². The number of hydrogen-bond donors (Lipinski definition) is 0. The lowest BCUT2D eigenvalue weighted by Crippen LogP contribution is -2.04. The van der Waals surface area contributed by atoms with E-state index in [4.69, 9.17) is 0 Å². The summed E-state index contributed by atoms with van der Waals surface area (Å²) in [6.45, 7) is -3.67. The van der Waals surface area contributed by atoms with Crippen molar-refractivity contribution < 1.29 is 13.2 Å². The van der Waals surface area contributed by atoms with Crippen molar-refractivity contribution in [1.29, 1.82) is 0 Å². The topological polar surface area (TPSA) is 0 Å². The second kappa shape index (κ2) is 9.06. The summed E-state index contributed by atoms with van der Waals surface area (Å²) in [7, 11) is -0.0146. The third-order valence-electron chi connectivity index (χ3n) is 2.94. The van der Waals surface area contributed by atoms with Crippen molar-refractivity contribution >= 4 is 10.9 Å². The molecule has 118 valence electrons. The van der Waals surface area contributed by atoms with Crippen LogP contribution in [-0.2, 0) is 10.9 Å². The van der Waals surface area contributed by atoms with E-state index >= 15 is 0 Å². The van der Waals surface area contributed by atoms with Gasteiger partial charge in [-0.2, -0.15) is 13.2 Å². The smallest absolute Gasteiger partial charge is 0.174 e. The second-order valence-corrected chi connectivity index (χ2v) is 6.52. The SMILES string of the molecule is FC(F)F.c1ccc([S+](c2ccccc2)c2ccccc2)cc1. The highest BCUT2D eigenvalue weighted by molar-refractivity contribution is 7.97. The highest BCUT2D eigenvalue weighted by atomic mass is 32.2. The number of rotatable bonds is 3. The molecular weight excluding hydrogens is 317 g/mol. The molecule has 3 aromatic rings. The van der Waals surface area contributed by atoms with E-state index in [1.165, 1.54) is 14.7 Å². The first kappa shape index (κ1) is 17.2. The Morgan fingerprint density at radius 2 is 0.696 bits per heavy atom. The van der Waals surface area contributed by atoms with Crippen LogP contribution in [0, 0.1) is 0 Å². The number of alkyl halides is 3. The Hall–Kier alpha value is -2.20. The summed E-state index contributed by atoms with van der Waals surface area (Å²) < 4.78 is 29.0. The fourth-order valence-corrected chi connectivity index (χ4v) is 4.18. The molecule has 0 bridgehead atoms. The molecule has 0 heterocycles.